The lowest BCUT2D eigenvalue weighted by Crippen LogP contribution is -2.39. The number of urea groups is 1. The van der Waals surface area contributed by atoms with Crippen molar-refractivity contribution in [2.75, 3.05) is 12.4 Å². The Morgan fingerprint density at radius 2 is 1.93 bits per heavy atom. The number of likely N-dealkylation sites (N-methyl/N-ethyl adjacent to an activating group) is 1. The summed E-state index contributed by atoms with van der Waals surface area (Å²) in [6, 6.07) is 10.4. The second kappa shape index (κ2) is 10.1. The van der Waals surface area contributed by atoms with Crippen LogP contribution in [0.3, 0.4) is 0 Å². The minimum Gasteiger partial charge on any atom is -0.481 e. The van der Waals surface area contributed by atoms with Crippen LogP contribution in [-0.2, 0) is 22.6 Å². The van der Waals surface area contributed by atoms with Gasteiger partial charge in [-0.05, 0) is 25.3 Å². The van der Waals surface area contributed by atoms with Crippen LogP contribution in [0.4, 0.5) is 10.6 Å². The van der Waals surface area contributed by atoms with E-state index in [0.717, 1.165) is 11.3 Å². The van der Waals surface area contributed by atoms with Crippen molar-refractivity contribution >= 4 is 23.7 Å². The summed E-state index contributed by atoms with van der Waals surface area (Å²) in [5.41, 5.74) is 1.73. The topological polar surface area (TPSA) is 125 Å². The van der Waals surface area contributed by atoms with Gasteiger partial charge in [-0.2, -0.15) is 5.10 Å². The van der Waals surface area contributed by atoms with Crippen LogP contribution in [0.25, 0.3) is 0 Å². The highest BCUT2D eigenvalue weighted by Crippen LogP contribution is 2.11. The fraction of sp³-hybridized carbons (Fsp3) is 0.368. The lowest BCUT2D eigenvalue weighted by molar-refractivity contribution is -0.137. The van der Waals surface area contributed by atoms with Crippen molar-refractivity contribution in [2.45, 2.75) is 38.8 Å². The van der Waals surface area contributed by atoms with E-state index in [0.29, 0.717) is 18.7 Å². The molecule has 1 heterocycles. The second-order valence-electron chi connectivity index (χ2n) is 6.42. The molecule has 150 valence electrons. The third-order valence-electron chi connectivity index (χ3n) is 4.16. The average Bonchev–Trinajstić information content (AvgIpc) is 2.99. The number of aryl methyl sites for hydroxylation is 1. The van der Waals surface area contributed by atoms with E-state index in [1.165, 1.54) is 11.7 Å². The molecule has 0 aliphatic rings. The van der Waals surface area contributed by atoms with E-state index >= 15 is 0 Å². The van der Waals surface area contributed by atoms with Gasteiger partial charge in [-0.25, -0.2) is 4.79 Å². The third-order valence-corrected chi connectivity index (χ3v) is 4.16. The molecule has 1 atom stereocenters. The van der Waals surface area contributed by atoms with Crippen LogP contribution < -0.4 is 16.0 Å². The van der Waals surface area contributed by atoms with Crippen molar-refractivity contribution in [2.24, 2.45) is 0 Å². The summed E-state index contributed by atoms with van der Waals surface area (Å²) in [7, 11) is 1.54. The van der Waals surface area contributed by atoms with Gasteiger partial charge >= 0.3 is 12.0 Å². The Bertz CT molecular complexity index is 819. The molecule has 0 saturated heterocycles. The summed E-state index contributed by atoms with van der Waals surface area (Å²) in [4.78, 5) is 34.8. The van der Waals surface area contributed by atoms with Gasteiger partial charge in [0, 0.05) is 31.3 Å². The van der Waals surface area contributed by atoms with Gasteiger partial charge in [0.05, 0.1) is 0 Å². The number of nitrogens with one attached hydrogen (secondary N) is 3. The molecule has 3 amide bonds. The minimum absolute atomic E-state index is 0.0440. The first-order valence-electron chi connectivity index (χ1n) is 8.95. The molecule has 0 saturated carbocycles. The van der Waals surface area contributed by atoms with Crippen LogP contribution >= 0.6 is 0 Å². The number of carboxylic acids is 1. The van der Waals surface area contributed by atoms with Crippen molar-refractivity contribution < 1.29 is 19.5 Å². The Morgan fingerprint density at radius 3 is 2.57 bits per heavy atom. The first-order chi connectivity index (χ1) is 13.4. The smallest absolute Gasteiger partial charge is 0.320 e. The number of hydrogen-bond acceptors (Lipinski definition) is 4. The van der Waals surface area contributed by atoms with E-state index in [1.807, 2.05) is 30.3 Å². The molecule has 2 rings (SSSR count). The molecule has 28 heavy (non-hydrogen) atoms. The van der Waals surface area contributed by atoms with Gasteiger partial charge in [0.1, 0.15) is 6.54 Å². The standard InChI is InChI=1S/C19H25N5O4/c1-13-10-16(23-24(13)12-17(25)20-2)22-19(28)21-15(8-9-18(26)27)11-14-6-4-3-5-7-14/h3-7,10,15H,8-9,11-12H2,1-2H3,(H,20,25)(H,26,27)(H2,21,22,23,28). The highest BCUT2D eigenvalue weighted by Gasteiger charge is 2.16. The summed E-state index contributed by atoms with van der Waals surface area (Å²) >= 11 is 0. The summed E-state index contributed by atoms with van der Waals surface area (Å²) < 4.78 is 1.49. The summed E-state index contributed by atoms with van der Waals surface area (Å²) in [6.07, 6.45) is 0.783. The first-order valence-corrected chi connectivity index (χ1v) is 8.95. The Hall–Kier alpha value is -3.36. The van der Waals surface area contributed by atoms with Crippen molar-refractivity contribution in [1.82, 2.24) is 20.4 Å². The van der Waals surface area contributed by atoms with Gasteiger partial charge in [0.15, 0.2) is 5.82 Å². The van der Waals surface area contributed by atoms with Crippen LogP contribution in [0.1, 0.15) is 24.1 Å². The molecule has 1 aromatic carbocycles. The van der Waals surface area contributed by atoms with Gasteiger partial charge in [-0.3, -0.25) is 19.6 Å². The first kappa shape index (κ1) is 20.9. The Kier molecular flexibility index (Phi) is 7.55. The van der Waals surface area contributed by atoms with E-state index in [4.69, 9.17) is 5.11 Å². The highest BCUT2D eigenvalue weighted by molar-refractivity contribution is 5.88. The molecular weight excluding hydrogens is 362 g/mol. The molecule has 9 heteroatoms. The summed E-state index contributed by atoms with van der Waals surface area (Å²) in [6.45, 7) is 1.84. The number of rotatable bonds is 9. The lowest BCUT2D eigenvalue weighted by Gasteiger charge is -2.18. The molecule has 0 fully saturated rings. The number of carbonyl (C=O) groups excluding carboxylic acids is 2. The summed E-state index contributed by atoms with van der Waals surface area (Å²) in [5.74, 6) is -0.793. The molecule has 2 aromatic rings. The Balaban J connectivity index is 1.99. The fourth-order valence-corrected chi connectivity index (χ4v) is 2.71. The Morgan fingerprint density at radius 1 is 1.21 bits per heavy atom. The zero-order valence-electron chi connectivity index (χ0n) is 15.9. The van der Waals surface area contributed by atoms with Crippen molar-refractivity contribution in [3.05, 3.63) is 47.7 Å². The number of carboxylic acid groups (broad SMARTS) is 1. The molecule has 9 nitrogen and oxygen atoms in total. The number of aromatic nitrogens is 2. The molecule has 0 aliphatic carbocycles. The number of benzene rings is 1. The fourth-order valence-electron chi connectivity index (χ4n) is 2.71. The number of carbonyl (C=O) groups is 3. The Labute approximate surface area is 163 Å². The van der Waals surface area contributed by atoms with Crippen LogP contribution in [-0.4, -0.2) is 45.9 Å². The normalized spacial score (nSPS) is 11.5. The lowest BCUT2D eigenvalue weighted by atomic mass is 10.0. The van der Waals surface area contributed by atoms with Gasteiger partial charge in [-0.15, -0.1) is 0 Å². The molecule has 0 radical (unpaired) electrons. The third kappa shape index (κ3) is 6.75. The van der Waals surface area contributed by atoms with E-state index in [9.17, 15) is 14.4 Å². The van der Waals surface area contributed by atoms with E-state index in [-0.39, 0.29) is 24.9 Å². The number of nitrogens with zero attached hydrogens (tertiary/aromatic N) is 2. The zero-order chi connectivity index (χ0) is 20.5. The van der Waals surface area contributed by atoms with E-state index < -0.39 is 12.0 Å². The molecule has 0 spiro atoms. The maximum atomic E-state index is 12.4. The molecule has 1 unspecified atom stereocenters. The molecule has 4 N–H and O–H groups in total. The zero-order valence-corrected chi connectivity index (χ0v) is 15.9. The van der Waals surface area contributed by atoms with Gasteiger partial charge in [0.2, 0.25) is 5.91 Å². The predicted octanol–water partition coefficient (Wildman–Crippen LogP) is 1.54. The molecule has 0 bridgehead atoms. The minimum atomic E-state index is -0.913. The number of amides is 3. The van der Waals surface area contributed by atoms with Crippen LogP contribution in [0.5, 0.6) is 0 Å². The predicted molar refractivity (Wildman–Crippen MR) is 104 cm³/mol. The van der Waals surface area contributed by atoms with Crippen LogP contribution in [0.15, 0.2) is 36.4 Å². The van der Waals surface area contributed by atoms with E-state index in [2.05, 4.69) is 21.0 Å². The van der Waals surface area contributed by atoms with Gasteiger partial charge in [0.25, 0.3) is 0 Å². The number of hydrogen-bond donors (Lipinski definition) is 4. The van der Waals surface area contributed by atoms with Crippen LogP contribution in [0.2, 0.25) is 0 Å². The molecule has 0 aliphatic heterocycles. The quantitative estimate of drug-likeness (QED) is 0.519. The van der Waals surface area contributed by atoms with Crippen molar-refractivity contribution in [3.63, 3.8) is 0 Å². The molecular formula is C19H25N5O4. The average molecular weight is 387 g/mol. The van der Waals surface area contributed by atoms with Crippen molar-refractivity contribution in [3.8, 4) is 0 Å². The monoisotopic (exact) mass is 387 g/mol. The van der Waals surface area contributed by atoms with E-state index in [1.54, 1.807) is 13.0 Å². The highest BCUT2D eigenvalue weighted by atomic mass is 16.4. The van der Waals surface area contributed by atoms with Crippen molar-refractivity contribution in [1.29, 1.82) is 0 Å². The van der Waals surface area contributed by atoms with Crippen LogP contribution in [0, 0.1) is 6.92 Å². The molecule has 1 aromatic heterocycles. The van der Waals surface area contributed by atoms with Gasteiger partial charge < -0.3 is 15.7 Å². The maximum absolute atomic E-state index is 12.4. The summed E-state index contributed by atoms with van der Waals surface area (Å²) in [5, 5.41) is 21.1. The second-order valence-corrected chi connectivity index (χ2v) is 6.42. The van der Waals surface area contributed by atoms with Gasteiger partial charge in [-0.1, -0.05) is 30.3 Å². The SMILES string of the molecule is CNC(=O)Cn1nc(NC(=O)NC(CCC(=O)O)Cc2ccccc2)cc1C. The maximum Gasteiger partial charge on any atom is 0.320 e. The number of anilines is 1. The number of aliphatic carboxylic acids is 1. The largest absolute Gasteiger partial charge is 0.481 e.